The summed E-state index contributed by atoms with van der Waals surface area (Å²) in [4.78, 5) is 11.7. The molecule has 0 atom stereocenters. The fraction of sp³-hybridized carbons (Fsp3) is 0. The summed E-state index contributed by atoms with van der Waals surface area (Å²) in [6, 6.07) is 17.4. The molecular formula is C15H12INO. The first-order valence-corrected chi connectivity index (χ1v) is 6.61. The molecule has 0 aromatic heterocycles. The molecule has 1 N–H and O–H groups in total. The van der Waals surface area contributed by atoms with Gasteiger partial charge in [-0.1, -0.05) is 36.4 Å². The van der Waals surface area contributed by atoms with Gasteiger partial charge in [0, 0.05) is 15.3 Å². The van der Waals surface area contributed by atoms with Crippen LogP contribution in [0.1, 0.15) is 5.56 Å². The van der Waals surface area contributed by atoms with Crippen LogP contribution < -0.4 is 5.32 Å². The topological polar surface area (TPSA) is 29.1 Å². The van der Waals surface area contributed by atoms with Crippen LogP contribution in [-0.2, 0) is 4.79 Å². The Labute approximate surface area is 120 Å². The summed E-state index contributed by atoms with van der Waals surface area (Å²) < 4.78 is 1.09. The van der Waals surface area contributed by atoms with Crippen LogP contribution in [-0.4, -0.2) is 5.91 Å². The van der Waals surface area contributed by atoms with Crippen LogP contribution in [0, 0.1) is 3.57 Å². The van der Waals surface area contributed by atoms with Gasteiger partial charge in [-0.25, -0.2) is 0 Å². The Morgan fingerprint density at radius 2 is 1.83 bits per heavy atom. The van der Waals surface area contributed by atoms with Crippen LogP contribution in [0.2, 0.25) is 0 Å². The summed E-state index contributed by atoms with van der Waals surface area (Å²) in [5.41, 5.74) is 1.82. The zero-order chi connectivity index (χ0) is 12.8. The summed E-state index contributed by atoms with van der Waals surface area (Å²) in [6.07, 6.45) is 3.33. The quantitative estimate of drug-likeness (QED) is 0.660. The first-order valence-electron chi connectivity index (χ1n) is 5.54. The van der Waals surface area contributed by atoms with Gasteiger partial charge in [0.15, 0.2) is 0 Å². The molecule has 1 amide bonds. The zero-order valence-corrected chi connectivity index (χ0v) is 11.8. The lowest BCUT2D eigenvalue weighted by Crippen LogP contribution is -2.07. The van der Waals surface area contributed by atoms with Crippen LogP contribution in [0.3, 0.4) is 0 Å². The average molecular weight is 349 g/mol. The van der Waals surface area contributed by atoms with Crippen molar-refractivity contribution in [2.75, 3.05) is 5.32 Å². The number of hydrogen-bond acceptors (Lipinski definition) is 1. The Morgan fingerprint density at radius 1 is 1.06 bits per heavy atom. The second kappa shape index (κ2) is 6.35. The van der Waals surface area contributed by atoms with Crippen LogP contribution in [0.25, 0.3) is 6.08 Å². The molecule has 0 unspecified atom stereocenters. The molecule has 0 heterocycles. The Balaban J connectivity index is 1.99. The van der Waals surface area contributed by atoms with Crippen molar-refractivity contribution in [1.29, 1.82) is 0 Å². The molecule has 0 radical (unpaired) electrons. The van der Waals surface area contributed by atoms with Gasteiger partial charge in [0.25, 0.3) is 0 Å². The maximum absolute atomic E-state index is 11.7. The minimum absolute atomic E-state index is 0.124. The van der Waals surface area contributed by atoms with Crippen molar-refractivity contribution in [2.45, 2.75) is 0 Å². The number of halogens is 1. The third-order valence-electron chi connectivity index (χ3n) is 2.32. The normalized spacial score (nSPS) is 10.5. The van der Waals surface area contributed by atoms with Gasteiger partial charge in [-0.2, -0.15) is 0 Å². The molecule has 0 fully saturated rings. The van der Waals surface area contributed by atoms with E-state index in [-0.39, 0.29) is 5.91 Å². The smallest absolute Gasteiger partial charge is 0.248 e. The fourth-order valence-corrected chi connectivity index (χ4v) is 2.03. The minimum Gasteiger partial charge on any atom is -0.322 e. The number of benzene rings is 2. The standard InChI is InChI=1S/C15H12INO/c16-13-7-4-8-14(11-13)17-15(18)10-9-12-5-2-1-3-6-12/h1-11H,(H,17,18)/b10-9+. The number of carbonyl (C=O) groups is 1. The highest BCUT2D eigenvalue weighted by Crippen LogP contribution is 2.12. The second-order valence-electron chi connectivity index (χ2n) is 3.74. The maximum Gasteiger partial charge on any atom is 0.248 e. The van der Waals surface area contributed by atoms with Gasteiger partial charge in [-0.15, -0.1) is 0 Å². The van der Waals surface area contributed by atoms with Crippen molar-refractivity contribution < 1.29 is 4.79 Å². The van der Waals surface area contributed by atoms with E-state index in [1.54, 1.807) is 6.08 Å². The number of nitrogens with one attached hydrogen (secondary N) is 1. The summed E-state index contributed by atoms with van der Waals surface area (Å²) in [6.45, 7) is 0. The van der Waals surface area contributed by atoms with Crippen molar-refractivity contribution in [3.05, 3.63) is 69.8 Å². The Morgan fingerprint density at radius 3 is 2.56 bits per heavy atom. The lowest BCUT2D eigenvalue weighted by Gasteiger charge is -2.02. The number of carbonyl (C=O) groups excluding carboxylic acids is 1. The van der Waals surface area contributed by atoms with Gasteiger partial charge >= 0.3 is 0 Å². The van der Waals surface area contributed by atoms with Crippen LogP contribution in [0.4, 0.5) is 5.69 Å². The lowest BCUT2D eigenvalue weighted by molar-refractivity contribution is -0.111. The summed E-state index contributed by atoms with van der Waals surface area (Å²) in [5.74, 6) is -0.124. The Kier molecular flexibility index (Phi) is 4.52. The molecule has 0 saturated carbocycles. The van der Waals surface area contributed by atoms with E-state index in [2.05, 4.69) is 27.9 Å². The van der Waals surface area contributed by atoms with Crippen LogP contribution >= 0.6 is 22.6 Å². The molecule has 2 nitrogen and oxygen atoms in total. The Hall–Kier alpha value is -1.62. The molecular weight excluding hydrogens is 337 g/mol. The zero-order valence-electron chi connectivity index (χ0n) is 9.64. The number of amides is 1. The molecule has 2 aromatic carbocycles. The van der Waals surface area contributed by atoms with Crippen LogP contribution in [0.5, 0.6) is 0 Å². The van der Waals surface area contributed by atoms with E-state index in [1.807, 2.05) is 54.6 Å². The van der Waals surface area contributed by atoms with E-state index < -0.39 is 0 Å². The highest BCUT2D eigenvalue weighted by atomic mass is 127. The molecule has 0 aliphatic rings. The average Bonchev–Trinajstić information content (AvgIpc) is 2.38. The predicted octanol–water partition coefficient (Wildman–Crippen LogP) is 3.94. The molecule has 0 saturated heterocycles. The van der Waals surface area contributed by atoms with Crippen molar-refractivity contribution in [1.82, 2.24) is 0 Å². The van der Waals surface area contributed by atoms with Gasteiger partial charge in [0.1, 0.15) is 0 Å². The lowest BCUT2D eigenvalue weighted by atomic mass is 10.2. The van der Waals surface area contributed by atoms with Crippen molar-refractivity contribution in [3.8, 4) is 0 Å². The van der Waals surface area contributed by atoms with Gasteiger partial charge in [-0.05, 0) is 52.4 Å². The third kappa shape index (κ3) is 4.00. The molecule has 0 spiro atoms. The minimum atomic E-state index is -0.124. The van der Waals surface area contributed by atoms with Gasteiger partial charge in [0.05, 0.1) is 0 Å². The number of rotatable bonds is 3. The molecule has 3 heteroatoms. The summed E-state index contributed by atoms with van der Waals surface area (Å²) in [5, 5.41) is 2.82. The van der Waals surface area contributed by atoms with Crippen molar-refractivity contribution in [2.24, 2.45) is 0 Å². The molecule has 90 valence electrons. The summed E-state index contributed by atoms with van der Waals surface area (Å²) in [7, 11) is 0. The van der Waals surface area contributed by atoms with Crippen molar-refractivity contribution in [3.63, 3.8) is 0 Å². The monoisotopic (exact) mass is 349 g/mol. The van der Waals surface area contributed by atoms with E-state index in [0.29, 0.717) is 0 Å². The first kappa shape index (κ1) is 12.8. The van der Waals surface area contributed by atoms with E-state index in [4.69, 9.17) is 0 Å². The van der Waals surface area contributed by atoms with Crippen LogP contribution in [0.15, 0.2) is 60.7 Å². The van der Waals surface area contributed by atoms with Gasteiger partial charge in [-0.3, -0.25) is 4.79 Å². The van der Waals surface area contributed by atoms with E-state index in [0.717, 1.165) is 14.8 Å². The van der Waals surface area contributed by atoms with E-state index >= 15 is 0 Å². The molecule has 0 aliphatic heterocycles. The van der Waals surface area contributed by atoms with Gasteiger partial charge in [0.2, 0.25) is 5.91 Å². The van der Waals surface area contributed by atoms with E-state index in [1.165, 1.54) is 6.08 Å². The SMILES string of the molecule is O=C(/C=C/c1ccccc1)Nc1cccc(I)c1. The Bertz CT molecular complexity index is 564. The van der Waals surface area contributed by atoms with Gasteiger partial charge < -0.3 is 5.32 Å². The third-order valence-corrected chi connectivity index (χ3v) is 2.99. The molecule has 0 bridgehead atoms. The highest BCUT2D eigenvalue weighted by molar-refractivity contribution is 14.1. The molecule has 2 rings (SSSR count). The first-order chi connectivity index (χ1) is 8.74. The largest absolute Gasteiger partial charge is 0.322 e. The second-order valence-corrected chi connectivity index (χ2v) is 4.99. The van der Waals surface area contributed by atoms with E-state index in [9.17, 15) is 4.79 Å². The predicted molar refractivity (Wildman–Crippen MR) is 83.3 cm³/mol. The molecule has 2 aromatic rings. The molecule has 0 aliphatic carbocycles. The van der Waals surface area contributed by atoms with Crippen molar-refractivity contribution >= 4 is 40.3 Å². The number of anilines is 1. The molecule has 18 heavy (non-hydrogen) atoms. The summed E-state index contributed by atoms with van der Waals surface area (Å²) >= 11 is 2.21. The fourth-order valence-electron chi connectivity index (χ4n) is 1.49. The maximum atomic E-state index is 11.7. The highest BCUT2D eigenvalue weighted by Gasteiger charge is 1.97. The number of hydrogen-bond donors (Lipinski definition) is 1.